The molecule has 0 aliphatic rings. The summed E-state index contributed by atoms with van der Waals surface area (Å²) in [6, 6.07) is 0. The summed E-state index contributed by atoms with van der Waals surface area (Å²) in [5.41, 5.74) is 0.194. The van der Waals surface area contributed by atoms with E-state index in [1.165, 1.54) is 0 Å². The SMILES string of the molecule is CC(C)C(=O)N(C)CC(C)(C)C(C)C. The fourth-order valence-electron chi connectivity index (χ4n) is 1.31. The first-order valence-electron chi connectivity index (χ1n) is 5.43. The highest BCUT2D eigenvalue weighted by Crippen LogP contribution is 2.27. The molecule has 2 heteroatoms. The Morgan fingerprint density at radius 2 is 1.64 bits per heavy atom. The first-order valence-corrected chi connectivity index (χ1v) is 5.43. The van der Waals surface area contributed by atoms with Crippen LogP contribution in [0.4, 0.5) is 0 Å². The quantitative estimate of drug-likeness (QED) is 0.682. The minimum Gasteiger partial charge on any atom is -0.345 e. The second-order valence-corrected chi connectivity index (χ2v) is 5.49. The summed E-state index contributed by atoms with van der Waals surface area (Å²) in [6.45, 7) is 13.6. The van der Waals surface area contributed by atoms with Gasteiger partial charge in [-0.1, -0.05) is 41.5 Å². The van der Waals surface area contributed by atoms with E-state index in [4.69, 9.17) is 0 Å². The first kappa shape index (κ1) is 13.5. The van der Waals surface area contributed by atoms with Gasteiger partial charge < -0.3 is 4.90 Å². The van der Waals surface area contributed by atoms with Crippen molar-refractivity contribution in [1.82, 2.24) is 4.90 Å². The number of hydrogen-bond acceptors (Lipinski definition) is 1. The van der Waals surface area contributed by atoms with Gasteiger partial charge in [0, 0.05) is 19.5 Å². The molecule has 0 fully saturated rings. The first-order chi connectivity index (χ1) is 6.18. The lowest BCUT2D eigenvalue weighted by Crippen LogP contribution is -2.40. The number of nitrogens with zero attached hydrogens (tertiary/aromatic N) is 1. The largest absolute Gasteiger partial charge is 0.345 e. The fraction of sp³-hybridized carbons (Fsp3) is 0.917. The fourth-order valence-corrected chi connectivity index (χ4v) is 1.31. The molecular formula is C12H25NO. The van der Waals surface area contributed by atoms with Gasteiger partial charge in [-0.15, -0.1) is 0 Å². The van der Waals surface area contributed by atoms with Gasteiger partial charge in [0.15, 0.2) is 0 Å². The molecule has 0 spiro atoms. The molecule has 0 saturated carbocycles. The third kappa shape index (κ3) is 3.69. The molecular weight excluding hydrogens is 174 g/mol. The minimum atomic E-state index is 0.1000. The molecule has 0 aliphatic carbocycles. The third-order valence-electron chi connectivity index (χ3n) is 3.08. The molecule has 0 atom stereocenters. The van der Waals surface area contributed by atoms with Gasteiger partial charge in [0.2, 0.25) is 5.91 Å². The molecule has 84 valence electrons. The van der Waals surface area contributed by atoms with Crippen LogP contribution < -0.4 is 0 Å². The molecule has 0 rings (SSSR count). The molecule has 0 unspecified atom stereocenters. The number of rotatable bonds is 4. The molecule has 1 amide bonds. The van der Waals surface area contributed by atoms with Crippen LogP contribution in [0, 0.1) is 17.3 Å². The Labute approximate surface area is 88.7 Å². The second-order valence-electron chi connectivity index (χ2n) is 5.49. The lowest BCUT2D eigenvalue weighted by molar-refractivity contribution is -0.134. The third-order valence-corrected chi connectivity index (χ3v) is 3.08. The smallest absolute Gasteiger partial charge is 0.224 e. The van der Waals surface area contributed by atoms with Crippen LogP contribution in [0.5, 0.6) is 0 Å². The summed E-state index contributed by atoms with van der Waals surface area (Å²) < 4.78 is 0. The van der Waals surface area contributed by atoms with Gasteiger partial charge in [0.25, 0.3) is 0 Å². The van der Waals surface area contributed by atoms with E-state index in [1.54, 1.807) is 0 Å². The average Bonchev–Trinajstić information content (AvgIpc) is 2.01. The maximum absolute atomic E-state index is 11.7. The van der Waals surface area contributed by atoms with Gasteiger partial charge in [-0.05, 0) is 11.3 Å². The van der Waals surface area contributed by atoms with Crippen molar-refractivity contribution >= 4 is 5.91 Å². The van der Waals surface area contributed by atoms with Crippen LogP contribution in [0.1, 0.15) is 41.5 Å². The Kier molecular flexibility index (Phi) is 4.63. The normalized spacial score (nSPS) is 12.4. The second kappa shape index (κ2) is 4.81. The zero-order valence-electron chi connectivity index (χ0n) is 10.7. The predicted octanol–water partition coefficient (Wildman–Crippen LogP) is 2.78. The number of hydrogen-bond donors (Lipinski definition) is 0. The van der Waals surface area contributed by atoms with Gasteiger partial charge in [0.05, 0.1) is 0 Å². The van der Waals surface area contributed by atoms with Crippen LogP contribution in [0.3, 0.4) is 0 Å². The van der Waals surface area contributed by atoms with Crippen molar-refractivity contribution in [3.8, 4) is 0 Å². The summed E-state index contributed by atoms with van der Waals surface area (Å²) in [7, 11) is 1.90. The Balaban J connectivity index is 4.32. The molecule has 0 aliphatic heterocycles. The topological polar surface area (TPSA) is 20.3 Å². The van der Waals surface area contributed by atoms with Crippen molar-refractivity contribution in [2.75, 3.05) is 13.6 Å². The van der Waals surface area contributed by atoms with E-state index in [2.05, 4.69) is 27.7 Å². The van der Waals surface area contributed by atoms with Gasteiger partial charge in [-0.3, -0.25) is 4.79 Å². The van der Waals surface area contributed by atoms with Crippen molar-refractivity contribution in [3.63, 3.8) is 0 Å². The number of carbonyl (C=O) groups excluding carboxylic acids is 1. The van der Waals surface area contributed by atoms with Crippen LogP contribution in [0.25, 0.3) is 0 Å². The van der Waals surface area contributed by atoms with E-state index in [0.717, 1.165) is 6.54 Å². The molecule has 0 radical (unpaired) electrons. The summed E-state index contributed by atoms with van der Waals surface area (Å²) in [5, 5.41) is 0. The van der Waals surface area contributed by atoms with E-state index < -0.39 is 0 Å². The molecule has 0 heterocycles. The van der Waals surface area contributed by atoms with Crippen LogP contribution in [-0.4, -0.2) is 24.4 Å². The van der Waals surface area contributed by atoms with E-state index in [-0.39, 0.29) is 17.2 Å². The molecule has 0 bridgehead atoms. The van der Waals surface area contributed by atoms with Crippen LogP contribution >= 0.6 is 0 Å². The molecule has 2 nitrogen and oxygen atoms in total. The van der Waals surface area contributed by atoms with Crippen molar-refractivity contribution in [2.45, 2.75) is 41.5 Å². The summed E-state index contributed by atoms with van der Waals surface area (Å²) in [5.74, 6) is 0.923. The van der Waals surface area contributed by atoms with Crippen molar-refractivity contribution in [1.29, 1.82) is 0 Å². The number of amides is 1. The standard InChI is InChI=1S/C12H25NO/c1-9(2)11(14)13(7)8-12(5,6)10(3)4/h9-10H,8H2,1-7H3. The zero-order valence-corrected chi connectivity index (χ0v) is 10.7. The minimum absolute atomic E-state index is 0.1000. The van der Waals surface area contributed by atoms with Crippen LogP contribution in [0.15, 0.2) is 0 Å². The van der Waals surface area contributed by atoms with E-state index in [0.29, 0.717) is 5.92 Å². The molecule has 0 aromatic rings. The van der Waals surface area contributed by atoms with Gasteiger partial charge in [0.1, 0.15) is 0 Å². The monoisotopic (exact) mass is 199 g/mol. The Hall–Kier alpha value is -0.530. The average molecular weight is 199 g/mol. The molecule has 0 saturated heterocycles. The maximum Gasteiger partial charge on any atom is 0.224 e. The van der Waals surface area contributed by atoms with E-state index in [9.17, 15) is 4.79 Å². The van der Waals surface area contributed by atoms with Gasteiger partial charge in [-0.2, -0.15) is 0 Å². The summed E-state index contributed by atoms with van der Waals surface area (Å²) in [6.07, 6.45) is 0. The van der Waals surface area contributed by atoms with Gasteiger partial charge >= 0.3 is 0 Å². The highest BCUT2D eigenvalue weighted by atomic mass is 16.2. The Morgan fingerprint density at radius 3 is 1.93 bits per heavy atom. The number of carbonyl (C=O) groups is 1. The van der Waals surface area contributed by atoms with Crippen LogP contribution in [-0.2, 0) is 4.79 Å². The van der Waals surface area contributed by atoms with Gasteiger partial charge in [-0.25, -0.2) is 0 Å². The molecule has 0 aromatic heterocycles. The van der Waals surface area contributed by atoms with Crippen molar-refractivity contribution in [2.24, 2.45) is 17.3 Å². The van der Waals surface area contributed by atoms with Crippen molar-refractivity contribution < 1.29 is 4.79 Å². The van der Waals surface area contributed by atoms with E-state index in [1.807, 2.05) is 25.8 Å². The Morgan fingerprint density at radius 1 is 1.21 bits per heavy atom. The maximum atomic E-state index is 11.7. The highest BCUT2D eigenvalue weighted by molar-refractivity contribution is 5.77. The lowest BCUT2D eigenvalue weighted by Gasteiger charge is -2.34. The molecule has 14 heavy (non-hydrogen) atoms. The van der Waals surface area contributed by atoms with Crippen molar-refractivity contribution in [3.05, 3.63) is 0 Å². The molecule has 0 aromatic carbocycles. The summed E-state index contributed by atoms with van der Waals surface area (Å²) >= 11 is 0. The lowest BCUT2D eigenvalue weighted by atomic mass is 9.80. The van der Waals surface area contributed by atoms with Crippen LogP contribution in [0.2, 0.25) is 0 Å². The zero-order chi connectivity index (χ0) is 11.5. The van der Waals surface area contributed by atoms with E-state index >= 15 is 0 Å². The summed E-state index contributed by atoms with van der Waals surface area (Å²) in [4.78, 5) is 13.5. The Bertz CT molecular complexity index is 194. The molecule has 0 N–H and O–H groups in total. The predicted molar refractivity (Wildman–Crippen MR) is 61.1 cm³/mol. The highest BCUT2D eigenvalue weighted by Gasteiger charge is 2.26.